The Labute approximate surface area is 122 Å². The van der Waals surface area contributed by atoms with Gasteiger partial charge in [0.15, 0.2) is 0 Å². The van der Waals surface area contributed by atoms with Gasteiger partial charge >= 0.3 is 0 Å². The first kappa shape index (κ1) is 14.1. The van der Waals surface area contributed by atoms with E-state index < -0.39 is 6.10 Å². The van der Waals surface area contributed by atoms with Crippen LogP contribution in [0.1, 0.15) is 31.1 Å². The van der Waals surface area contributed by atoms with Crippen LogP contribution in [0.15, 0.2) is 53.0 Å². The van der Waals surface area contributed by atoms with Crippen molar-refractivity contribution in [3.8, 4) is 5.75 Å². The second-order valence-corrected chi connectivity index (χ2v) is 5.57. The molecule has 0 aliphatic heterocycles. The first-order valence-electron chi connectivity index (χ1n) is 6.27. The Kier molecular flexibility index (Phi) is 4.61. The summed E-state index contributed by atoms with van der Waals surface area (Å²) in [5, 5.41) is 10.5. The van der Waals surface area contributed by atoms with E-state index in [1.165, 1.54) is 0 Å². The largest absolute Gasteiger partial charge is 0.491 e. The normalized spacial score (nSPS) is 12.5. The molecule has 0 saturated heterocycles. The van der Waals surface area contributed by atoms with Crippen molar-refractivity contribution in [3.05, 3.63) is 64.1 Å². The van der Waals surface area contributed by atoms with Crippen molar-refractivity contribution in [2.24, 2.45) is 0 Å². The molecule has 0 spiro atoms. The lowest BCUT2D eigenvalue weighted by atomic mass is 10.0. The number of ether oxygens (including phenoxy) is 1. The van der Waals surface area contributed by atoms with Crippen LogP contribution in [-0.2, 0) is 0 Å². The van der Waals surface area contributed by atoms with Gasteiger partial charge in [-0.2, -0.15) is 0 Å². The molecule has 2 aromatic rings. The lowest BCUT2D eigenvalue weighted by Crippen LogP contribution is -2.09. The van der Waals surface area contributed by atoms with Gasteiger partial charge in [0.2, 0.25) is 0 Å². The molecule has 0 aromatic heterocycles. The fourth-order valence-electron chi connectivity index (χ4n) is 1.89. The highest BCUT2D eigenvalue weighted by Gasteiger charge is 2.15. The Morgan fingerprint density at radius 1 is 1.00 bits per heavy atom. The standard InChI is InChI=1S/C16H17BrO2/c1-11(2)19-15-6-4-3-5-14(15)16(18)12-7-9-13(17)10-8-12/h3-11,16,18H,1-2H3. The molecule has 0 bridgehead atoms. The van der Waals surface area contributed by atoms with Crippen LogP contribution in [0.25, 0.3) is 0 Å². The Balaban J connectivity index is 2.32. The Bertz CT molecular complexity index is 535. The minimum absolute atomic E-state index is 0.0817. The zero-order valence-electron chi connectivity index (χ0n) is 11.0. The molecule has 19 heavy (non-hydrogen) atoms. The van der Waals surface area contributed by atoms with Crippen molar-refractivity contribution in [3.63, 3.8) is 0 Å². The average molecular weight is 321 g/mol. The third kappa shape index (κ3) is 3.58. The number of para-hydroxylation sites is 1. The molecule has 100 valence electrons. The van der Waals surface area contributed by atoms with Gasteiger partial charge in [-0.15, -0.1) is 0 Å². The van der Waals surface area contributed by atoms with E-state index in [1.54, 1.807) is 0 Å². The van der Waals surface area contributed by atoms with E-state index in [0.29, 0.717) is 0 Å². The smallest absolute Gasteiger partial charge is 0.125 e. The minimum Gasteiger partial charge on any atom is -0.491 e. The van der Waals surface area contributed by atoms with Gasteiger partial charge in [-0.3, -0.25) is 0 Å². The van der Waals surface area contributed by atoms with Gasteiger partial charge in [0, 0.05) is 10.0 Å². The first-order chi connectivity index (χ1) is 9.08. The summed E-state index contributed by atoms with van der Waals surface area (Å²) in [5.74, 6) is 0.730. The molecule has 0 aliphatic rings. The van der Waals surface area contributed by atoms with Crippen LogP contribution in [0.5, 0.6) is 5.75 Å². The number of hydrogen-bond donors (Lipinski definition) is 1. The molecule has 1 atom stereocenters. The summed E-state index contributed by atoms with van der Waals surface area (Å²) >= 11 is 3.39. The summed E-state index contributed by atoms with van der Waals surface area (Å²) in [6, 6.07) is 15.2. The van der Waals surface area contributed by atoms with Crippen LogP contribution in [0.4, 0.5) is 0 Å². The maximum Gasteiger partial charge on any atom is 0.125 e. The number of hydrogen-bond acceptors (Lipinski definition) is 2. The minimum atomic E-state index is -0.678. The molecule has 2 aromatic carbocycles. The van der Waals surface area contributed by atoms with Gasteiger partial charge in [-0.25, -0.2) is 0 Å². The molecule has 0 saturated carbocycles. The van der Waals surface area contributed by atoms with Crippen LogP contribution in [0.2, 0.25) is 0 Å². The molecule has 0 amide bonds. The molecular formula is C16H17BrO2. The molecule has 0 radical (unpaired) electrons. The molecule has 2 rings (SSSR count). The third-order valence-corrected chi connectivity index (χ3v) is 3.29. The number of halogens is 1. The van der Waals surface area contributed by atoms with Crippen LogP contribution in [0.3, 0.4) is 0 Å². The number of aliphatic hydroxyl groups excluding tert-OH is 1. The maximum atomic E-state index is 10.5. The van der Waals surface area contributed by atoms with Crippen molar-refractivity contribution in [1.29, 1.82) is 0 Å². The summed E-state index contributed by atoms with van der Waals surface area (Å²) < 4.78 is 6.74. The van der Waals surface area contributed by atoms with Crippen LogP contribution in [-0.4, -0.2) is 11.2 Å². The van der Waals surface area contributed by atoms with E-state index >= 15 is 0 Å². The van der Waals surface area contributed by atoms with Gasteiger partial charge < -0.3 is 9.84 Å². The molecule has 0 heterocycles. The van der Waals surface area contributed by atoms with Crippen LogP contribution >= 0.6 is 15.9 Å². The third-order valence-electron chi connectivity index (χ3n) is 2.76. The number of benzene rings is 2. The lowest BCUT2D eigenvalue weighted by Gasteiger charge is -2.18. The van der Waals surface area contributed by atoms with E-state index in [1.807, 2.05) is 62.4 Å². The van der Waals surface area contributed by atoms with E-state index in [-0.39, 0.29) is 6.10 Å². The van der Waals surface area contributed by atoms with Gasteiger partial charge in [0.25, 0.3) is 0 Å². The summed E-state index contributed by atoms with van der Waals surface area (Å²) in [5.41, 5.74) is 1.64. The Morgan fingerprint density at radius 2 is 1.63 bits per heavy atom. The molecule has 0 fully saturated rings. The molecule has 2 nitrogen and oxygen atoms in total. The molecule has 3 heteroatoms. The summed E-state index contributed by atoms with van der Waals surface area (Å²) in [6.07, 6.45) is -0.596. The predicted molar refractivity (Wildman–Crippen MR) is 80.4 cm³/mol. The van der Waals surface area contributed by atoms with Crippen LogP contribution in [0, 0.1) is 0 Å². The lowest BCUT2D eigenvalue weighted by molar-refractivity contribution is 0.198. The fourth-order valence-corrected chi connectivity index (χ4v) is 2.16. The summed E-state index contributed by atoms with van der Waals surface area (Å²) in [6.45, 7) is 3.95. The van der Waals surface area contributed by atoms with Crippen molar-refractivity contribution in [2.45, 2.75) is 26.1 Å². The van der Waals surface area contributed by atoms with Gasteiger partial charge in [-0.05, 0) is 37.6 Å². The van der Waals surface area contributed by atoms with Crippen molar-refractivity contribution in [2.75, 3.05) is 0 Å². The molecule has 1 unspecified atom stereocenters. The highest BCUT2D eigenvalue weighted by atomic mass is 79.9. The Hall–Kier alpha value is -1.32. The first-order valence-corrected chi connectivity index (χ1v) is 7.06. The SMILES string of the molecule is CC(C)Oc1ccccc1C(O)c1ccc(Br)cc1. The van der Waals surface area contributed by atoms with Crippen molar-refractivity contribution in [1.82, 2.24) is 0 Å². The Morgan fingerprint density at radius 3 is 2.26 bits per heavy atom. The maximum absolute atomic E-state index is 10.5. The van der Waals surface area contributed by atoms with Gasteiger partial charge in [0.05, 0.1) is 6.10 Å². The molecule has 0 aliphatic carbocycles. The second kappa shape index (κ2) is 6.22. The summed E-state index contributed by atoms with van der Waals surface area (Å²) in [7, 11) is 0. The molecule has 1 N–H and O–H groups in total. The highest BCUT2D eigenvalue weighted by molar-refractivity contribution is 9.10. The van der Waals surface area contributed by atoms with Gasteiger partial charge in [0.1, 0.15) is 11.9 Å². The fraction of sp³-hybridized carbons (Fsp3) is 0.250. The van der Waals surface area contributed by atoms with Gasteiger partial charge in [-0.1, -0.05) is 46.3 Å². The van der Waals surface area contributed by atoms with E-state index in [4.69, 9.17) is 4.74 Å². The number of rotatable bonds is 4. The average Bonchev–Trinajstić information content (AvgIpc) is 2.39. The monoisotopic (exact) mass is 320 g/mol. The predicted octanol–water partition coefficient (Wildman–Crippen LogP) is 4.32. The summed E-state index contributed by atoms with van der Waals surface area (Å²) in [4.78, 5) is 0. The van der Waals surface area contributed by atoms with Crippen LogP contribution < -0.4 is 4.74 Å². The van der Waals surface area contributed by atoms with Crippen molar-refractivity contribution >= 4 is 15.9 Å². The number of aliphatic hydroxyl groups is 1. The van der Waals surface area contributed by atoms with E-state index in [9.17, 15) is 5.11 Å². The molecular weight excluding hydrogens is 304 g/mol. The topological polar surface area (TPSA) is 29.5 Å². The van der Waals surface area contributed by atoms with E-state index in [2.05, 4.69) is 15.9 Å². The van der Waals surface area contributed by atoms with Crippen molar-refractivity contribution < 1.29 is 9.84 Å². The zero-order chi connectivity index (χ0) is 13.8. The zero-order valence-corrected chi connectivity index (χ0v) is 12.6. The highest BCUT2D eigenvalue weighted by Crippen LogP contribution is 2.31. The second-order valence-electron chi connectivity index (χ2n) is 4.66. The van der Waals surface area contributed by atoms with E-state index in [0.717, 1.165) is 21.3 Å². The quantitative estimate of drug-likeness (QED) is 0.909.